The van der Waals surface area contributed by atoms with Gasteiger partial charge in [-0.05, 0) is 65.4 Å². The number of nitrogens with zero attached hydrogens (tertiary/aromatic N) is 2. The van der Waals surface area contributed by atoms with Crippen LogP contribution in [-0.2, 0) is 4.74 Å². The molecular formula is C24H28ClN3O3. The van der Waals surface area contributed by atoms with Crippen LogP contribution >= 0.6 is 11.6 Å². The van der Waals surface area contributed by atoms with E-state index in [2.05, 4.69) is 27.1 Å². The molecule has 164 valence electrons. The van der Waals surface area contributed by atoms with Gasteiger partial charge in [-0.1, -0.05) is 23.4 Å². The summed E-state index contributed by atoms with van der Waals surface area (Å²) >= 11 is 6.44. The summed E-state index contributed by atoms with van der Waals surface area (Å²) in [6, 6.07) is 3.64. The van der Waals surface area contributed by atoms with Crippen molar-refractivity contribution in [1.29, 1.82) is 0 Å². The Morgan fingerprint density at radius 1 is 1.16 bits per heavy atom. The Hall–Kier alpha value is -2.52. The number of carbonyl (C=O) groups is 1. The molecule has 0 aromatic carbocycles. The summed E-state index contributed by atoms with van der Waals surface area (Å²) < 4.78 is 10.7. The lowest BCUT2D eigenvalue weighted by Crippen LogP contribution is -2.57. The van der Waals surface area contributed by atoms with E-state index in [1.807, 2.05) is 26.8 Å². The minimum Gasteiger partial charge on any atom is -0.481 e. The average Bonchev–Trinajstić information content (AvgIpc) is 2.72. The molecule has 31 heavy (non-hydrogen) atoms. The number of methoxy groups -OCH3 is 1. The van der Waals surface area contributed by atoms with E-state index in [1.54, 1.807) is 19.4 Å². The van der Waals surface area contributed by atoms with E-state index in [0.717, 1.165) is 44.0 Å². The average molecular weight is 442 g/mol. The zero-order valence-electron chi connectivity index (χ0n) is 18.5. The Morgan fingerprint density at radius 2 is 1.84 bits per heavy atom. The molecule has 0 aliphatic heterocycles. The largest absolute Gasteiger partial charge is 0.481 e. The SMILES string of the molecule is COc1ccc2ncc(Cl)c(C#CC34CCC(NC(=O)OC(C)(C)C)(CC3)CC4)c2n1. The number of aromatic nitrogens is 2. The van der Waals surface area contributed by atoms with Crippen molar-refractivity contribution >= 4 is 28.7 Å². The number of carbonyl (C=O) groups excluding carboxylic acids is 1. The third-order valence-corrected chi connectivity index (χ3v) is 6.60. The smallest absolute Gasteiger partial charge is 0.408 e. The number of alkyl carbamates (subject to hydrolysis) is 1. The predicted molar refractivity (Wildman–Crippen MR) is 120 cm³/mol. The van der Waals surface area contributed by atoms with E-state index < -0.39 is 5.60 Å². The lowest BCUT2D eigenvalue weighted by atomic mass is 9.57. The quantitative estimate of drug-likeness (QED) is 0.643. The van der Waals surface area contributed by atoms with Gasteiger partial charge in [-0.15, -0.1) is 0 Å². The van der Waals surface area contributed by atoms with E-state index in [4.69, 9.17) is 21.1 Å². The van der Waals surface area contributed by atoms with Crippen molar-refractivity contribution < 1.29 is 14.3 Å². The molecule has 3 fully saturated rings. The van der Waals surface area contributed by atoms with Crippen molar-refractivity contribution in [2.24, 2.45) is 5.41 Å². The van der Waals surface area contributed by atoms with E-state index in [0.29, 0.717) is 22.0 Å². The molecule has 2 aromatic rings. The van der Waals surface area contributed by atoms with E-state index in [-0.39, 0.29) is 17.0 Å². The number of ether oxygens (including phenoxy) is 2. The van der Waals surface area contributed by atoms with Gasteiger partial charge >= 0.3 is 6.09 Å². The first kappa shape index (κ1) is 21.7. The second-order valence-electron chi connectivity index (χ2n) is 9.64. The minimum absolute atomic E-state index is 0.0604. The van der Waals surface area contributed by atoms with Crippen molar-refractivity contribution in [3.63, 3.8) is 0 Å². The molecule has 5 rings (SSSR count). The Morgan fingerprint density at radius 3 is 2.45 bits per heavy atom. The number of amides is 1. The topological polar surface area (TPSA) is 73.3 Å². The van der Waals surface area contributed by atoms with Gasteiger partial charge in [0.25, 0.3) is 0 Å². The number of hydrogen-bond donors (Lipinski definition) is 1. The highest BCUT2D eigenvalue weighted by atomic mass is 35.5. The maximum atomic E-state index is 12.3. The maximum absolute atomic E-state index is 12.3. The fraction of sp³-hybridized carbons (Fsp3) is 0.542. The number of pyridine rings is 2. The summed E-state index contributed by atoms with van der Waals surface area (Å²) in [6.45, 7) is 5.64. The summed E-state index contributed by atoms with van der Waals surface area (Å²) in [7, 11) is 1.58. The Kier molecular flexibility index (Phi) is 5.51. The second-order valence-corrected chi connectivity index (χ2v) is 10.0. The third-order valence-electron chi connectivity index (χ3n) is 6.32. The maximum Gasteiger partial charge on any atom is 0.408 e. The fourth-order valence-corrected chi connectivity index (χ4v) is 4.72. The molecule has 3 aliphatic rings. The Bertz CT molecular complexity index is 1060. The van der Waals surface area contributed by atoms with Crippen LogP contribution in [0.4, 0.5) is 4.79 Å². The molecule has 0 saturated heterocycles. The summed E-state index contributed by atoms with van der Waals surface area (Å²) in [4.78, 5) is 21.2. The van der Waals surface area contributed by atoms with Gasteiger partial charge in [0.2, 0.25) is 5.88 Å². The van der Waals surface area contributed by atoms with Gasteiger partial charge in [-0.3, -0.25) is 4.98 Å². The van der Waals surface area contributed by atoms with Crippen LogP contribution in [0.5, 0.6) is 5.88 Å². The zero-order chi connectivity index (χ0) is 22.3. The van der Waals surface area contributed by atoms with Crippen molar-refractivity contribution in [2.45, 2.75) is 70.4 Å². The molecule has 7 heteroatoms. The summed E-state index contributed by atoms with van der Waals surface area (Å²) in [6.07, 6.45) is 6.81. The molecule has 3 saturated carbocycles. The van der Waals surface area contributed by atoms with Crippen molar-refractivity contribution in [3.05, 3.63) is 28.9 Å². The molecule has 2 bridgehead atoms. The lowest BCUT2D eigenvalue weighted by Gasteiger charge is -2.51. The molecule has 2 aromatic heterocycles. The highest BCUT2D eigenvalue weighted by molar-refractivity contribution is 6.32. The monoisotopic (exact) mass is 441 g/mol. The van der Waals surface area contributed by atoms with Crippen molar-refractivity contribution in [2.75, 3.05) is 7.11 Å². The van der Waals surface area contributed by atoms with Gasteiger partial charge in [-0.25, -0.2) is 9.78 Å². The Balaban J connectivity index is 1.54. The van der Waals surface area contributed by atoms with Crippen LogP contribution < -0.4 is 10.1 Å². The molecule has 6 nitrogen and oxygen atoms in total. The molecule has 1 amide bonds. The summed E-state index contributed by atoms with van der Waals surface area (Å²) in [5.74, 6) is 7.36. The van der Waals surface area contributed by atoms with Crippen LogP contribution in [0.1, 0.15) is 64.9 Å². The molecule has 0 radical (unpaired) electrons. The molecule has 3 aliphatic carbocycles. The normalized spacial score (nSPS) is 24.9. The van der Waals surface area contributed by atoms with Crippen LogP contribution in [0.3, 0.4) is 0 Å². The molecule has 0 atom stereocenters. The van der Waals surface area contributed by atoms with Crippen LogP contribution in [0.15, 0.2) is 18.3 Å². The third kappa shape index (κ3) is 4.57. The number of halogens is 1. The van der Waals surface area contributed by atoms with Crippen LogP contribution in [-0.4, -0.2) is 34.3 Å². The number of fused-ring (bicyclic) bond motifs is 4. The van der Waals surface area contributed by atoms with Crippen molar-refractivity contribution in [3.8, 4) is 17.7 Å². The van der Waals surface area contributed by atoms with Gasteiger partial charge in [0, 0.05) is 23.2 Å². The van der Waals surface area contributed by atoms with Crippen LogP contribution in [0.25, 0.3) is 11.0 Å². The zero-order valence-corrected chi connectivity index (χ0v) is 19.2. The summed E-state index contributed by atoms with van der Waals surface area (Å²) in [5, 5.41) is 3.64. The molecule has 0 spiro atoms. The fourth-order valence-electron chi connectivity index (χ4n) is 4.53. The summed E-state index contributed by atoms with van der Waals surface area (Å²) in [5.41, 5.74) is 1.34. The molecule has 1 N–H and O–H groups in total. The van der Waals surface area contributed by atoms with Crippen LogP contribution in [0.2, 0.25) is 5.02 Å². The predicted octanol–water partition coefficient (Wildman–Crippen LogP) is 5.26. The van der Waals surface area contributed by atoms with Crippen molar-refractivity contribution in [1.82, 2.24) is 15.3 Å². The molecule has 2 heterocycles. The Labute approximate surface area is 188 Å². The van der Waals surface area contributed by atoms with E-state index in [1.165, 1.54) is 0 Å². The molecule has 0 unspecified atom stereocenters. The highest BCUT2D eigenvalue weighted by Crippen LogP contribution is 2.52. The first-order valence-corrected chi connectivity index (χ1v) is 11.0. The second kappa shape index (κ2) is 7.87. The van der Waals surface area contributed by atoms with Gasteiger partial charge in [0.15, 0.2) is 0 Å². The van der Waals surface area contributed by atoms with Gasteiger partial charge in [0.05, 0.1) is 23.2 Å². The number of hydrogen-bond acceptors (Lipinski definition) is 5. The first-order valence-electron chi connectivity index (χ1n) is 10.7. The van der Waals surface area contributed by atoms with Gasteiger partial charge in [0.1, 0.15) is 11.1 Å². The lowest BCUT2D eigenvalue weighted by molar-refractivity contribution is 0.0220. The minimum atomic E-state index is -0.497. The number of rotatable bonds is 2. The number of nitrogens with one attached hydrogen (secondary N) is 1. The first-order chi connectivity index (χ1) is 14.6. The highest BCUT2D eigenvalue weighted by Gasteiger charge is 2.49. The van der Waals surface area contributed by atoms with E-state index in [9.17, 15) is 4.79 Å². The standard InChI is InChI=1S/C24H28ClN3O3/c1-22(2,3)31-21(29)28-24-12-9-23(10-13-24,11-14-24)8-7-16-17(25)15-26-18-5-6-19(30-4)27-20(16)18/h5-6,15H,9-14H2,1-4H3,(H,28,29). The van der Waals surface area contributed by atoms with Crippen LogP contribution in [0, 0.1) is 17.3 Å². The molecular weight excluding hydrogens is 414 g/mol. The van der Waals surface area contributed by atoms with Gasteiger partial charge < -0.3 is 14.8 Å². The van der Waals surface area contributed by atoms with E-state index >= 15 is 0 Å². The van der Waals surface area contributed by atoms with Gasteiger partial charge in [-0.2, -0.15) is 0 Å².